The molecule has 0 heterocycles. The number of halogens is 1. The smallest absolute Gasteiger partial charge is 0.239 e. The number of hydrogen-bond acceptors (Lipinski definition) is 4. The molecule has 0 bridgehead atoms. The lowest BCUT2D eigenvalue weighted by Crippen LogP contribution is -2.55. The van der Waals surface area contributed by atoms with E-state index >= 15 is 0 Å². The molecule has 0 radical (unpaired) electrons. The molecule has 1 amide bonds. The van der Waals surface area contributed by atoms with Crippen LogP contribution in [0.25, 0.3) is 0 Å². The van der Waals surface area contributed by atoms with Crippen molar-refractivity contribution in [3.05, 3.63) is 0 Å². The topological polar surface area (TPSA) is 101 Å². The summed E-state index contributed by atoms with van der Waals surface area (Å²) in [6.45, 7) is 2.66. The summed E-state index contributed by atoms with van der Waals surface area (Å²) in [5.74, 6) is 0.272. The van der Waals surface area contributed by atoms with Crippen molar-refractivity contribution < 1.29 is 9.90 Å². The van der Waals surface area contributed by atoms with Gasteiger partial charge in [-0.3, -0.25) is 4.79 Å². The number of amides is 1. The standard InChI is InChI=1S/C15H31N3O2.ClH/c1-2-3-9-18-15(20)13(17)14(19)12(16)10-11-7-5-4-6-8-11;/h11-14,19H,2-10,16-17H2,1H3,(H,18,20);1H/t12-,13?,14-;/m0./s1. The van der Waals surface area contributed by atoms with Gasteiger partial charge in [0.15, 0.2) is 0 Å². The lowest BCUT2D eigenvalue weighted by atomic mass is 9.83. The SMILES string of the molecule is CCCCNC(=O)C(N)[C@@H](O)[C@@H](N)CC1CCCCC1.Cl. The first-order valence-corrected chi connectivity index (χ1v) is 8.03. The summed E-state index contributed by atoms with van der Waals surface area (Å²) >= 11 is 0. The molecule has 1 aliphatic rings. The van der Waals surface area contributed by atoms with Crippen molar-refractivity contribution in [1.29, 1.82) is 0 Å². The Morgan fingerprint density at radius 3 is 2.48 bits per heavy atom. The van der Waals surface area contributed by atoms with Crippen molar-refractivity contribution in [3.63, 3.8) is 0 Å². The lowest BCUT2D eigenvalue weighted by molar-refractivity contribution is -0.125. The normalized spacial score (nSPS) is 20.2. The molecule has 0 aromatic rings. The van der Waals surface area contributed by atoms with Gasteiger partial charge in [0.1, 0.15) is 6.04 Å². The summed E-state index contributed by atoms with van der Waals surface area (Å²) < 4.78 is 0. The number of carbonyl (C=O) groups excluding carboxylic acids is 1. The van der Waals surface area contributed by atoms with Crippen LogP contribution in [0.15, 0.2) is 0 Å². The van der Waals surface area contributed by atoms with Gasteiger partial charge < -0.3 is 21.9 Å². The number of nitrogens with one attached hydrogen (secondary N) is 1. The van der Waals surface area contributed by atoms with E-state index in [-0.39, 0.29) is 18.3 Å². The minimum atomic E-state index is -0.960. The molecule has 0 aromatic carbocycles. The molecular weight excluding hydrogens is 290 g/mol. The van der Waals surface area contributed by atoms with Gasteiger partial charge in [0.25, 0.3) is 0 Å². The second kappa shape index (κ2) is 11.2. The predicted molar refractivity (Wildman–Crippen MR) is 88.3 cm³/mol. The van der Waals surface area contributed by atoms with Crippen LogP contribution < -0.4 is 16.8 Å². The van der Waals surface area contributed by atoms with Crippen LogP contribution in [-0.2, 0) is 4.79 Å². The molecule has 1 saturated carbocycles. The zero-order chi connectivity index (χ0) is 15.0. The van der Waals surface area contributed by atoms with Crippen molar-refractivity contribution in [2.24, 2.45) is 17.4 Å². The molecule has 0 aromatic heterocycles. The molecule has 5 nitrogen and oxygen atoms in total. The third kappa shape index (κ3) is 7.45. The van der Waals surface area contributed by atoms with Crippen LogP contribution in [-0.4, -0.2) is 35.7 Å². The van der Waals surface area contributed by atoms with Crippen LogP contribution in [0.1, 0.15) is 58.3 Å². The van der Waals surface area contributed by atoms with Crippen LogP contribution in [0.4, 0.5) is 0 Å². The highest BCUT2D eigenvalue weighted by Gasteiger charge is 2.29. The zero-order valence-corrected chi connectivity index (χ0v) is 13.9. The molecule has 1 unspecified atom stereocenters. The Kier molecular flexibility index (Phi) is 11.0. The summed E-state index contributed by atoms with van der Waals surface area (Å²) in [7, 11) is 0. The highest BCUT2D eigenvalue weighted by atomic mass is 35.5. The van der Waals surface area contributed by atoms with Crippen molar-refractivity contribution in [1.82, 2.24) is 5.32 Å². The molecule has 0 saturated heterocycles. The number of unbranched alkanes of at least 4 members (excludes halogenated alkanes) is 1. The van der Waals surface area contributed by atoms with E-state index in [0.717, 1.165) is 19.3 Å². The highest BCUT2D eigenvalue weighted by Crippen LogP contribution is 2.27. The second-order valence-electron chi connectivity index (χ2n) is 6.06. The fourth-order valence-electron chi connectivity index (χ4n) is 2.87. The minimum Gasteiger partial charge on any atom is -0.389 e. The van der Waals surface area contributed by atoms with Crippen molar-refractivity contribution >= 4 is 18.3 Å². The van der Waals surface area contributed by atoms with Crippen LogP contribution in [0.3, 0.4) is 0 Å². The average molecular weight is 322 g/mol. The maximum absolute atomic E-state index is 11.8. The van der Waals surface area contributed by atoms with Crippen molar-refractivity contribution in [2.75, 3.05) is 6.54 Å². The fourth-order valence-corrected chi connectivity index (χ4v) is 2.87. The molecular formula is C15H32ClN3O2. The summed E-state index contributed by atoms with van der Waals surface area (Å²) in [6.07, 6.45) is 7.89. The maximum Gasteiger partial charge on any atom is 0.239 e. The quantitative estimate of drug-likeness (QED) is 0.506. The molecule has 0 aliphatic heterocycles. The van der Waals surface area contributed by atoms with Crippen molar-refractivity contribution in [3.8, 4) is 0 Å². The summed E-state index contributed by atoms with van der Waals surface area (Å²) in [4.78, 5) is 11.8. The fraction of sp³-hybridized carbons (Fsp3) is 0.933. The van der Waals surface area contributed by atoms with E-state index in [1.165, 1.54) is 32.1 Å². The van der Waals surface area contributed by atoms with Gasteiger partial charge in [-0.1, -0.05) is 45.4 Å². The van der Waals surface area contributed by atoms with Gasteiger partial charge in [-0.05, 0) is 18.8 Å². The van der Waals surface area contributed by atoms with Gasteiger partial charge in [-0.2, -0.15) is 0 Å². The number of carbonyl (C=O) groups is 1. The molecule has 126 valence electrons. The summed E-state index contributed by atoms with van der Waals surface area (Å²) in [5.41, 5.74) is 11.8. The van der Waals surface area contributed by atoms with Crippen LogP contribution in [0.5, 0.6) is 0 Å². The Morgan fingerprint density at radius 2 is 1.90 bits per heavy atom. The summed E-state index contributed by atoms with van der Waals surface area (Å²) in [5, 5.41) is 12.9. The van der Waals surface area contributed by atoms with Crippen LogP contribution in [0.2, 0.25) is 0 Å². The van der Waals surface area contributed by atoms with E-state index < -0.39 is 18.2 Å². The average Bonchev–Trinajstić information content (AvgIpc) is 2.46. The van der Waals surface area contributed by atoms with E-state index in [1.54, 1.807) is 0 Å². The van der Waals surface area contributed by atoms with E-state index in [2.05, 4.69) is 12.2 Å². The Morgan fingerprint density at radius 1 is 1.29 bits per heavy atom. The Bertz CT molecular complexity index is 286. The second-order valence-corrected chi connectivity index (χ2v) is 6.06. The third-order valence-electron chi connectivity index (χ3n) is 4.27. The molecule has 6 heteroatoms. The zero-order valence-electron chi connectivity index (χ0n) is 13.1. The Labute approximate surface area is 134 Å². The number of aliphatic hydroxyl groups excluding tert-OH is 1. The predicted octanol–water partition coefficient (Wildman–Crippen LogP) is 1.31. The molecule has 3 atom stereocenters. The lowest BCUT2D eigenvalue weighted by Gasteiger charge is -2.29. The number of hydrogen-bond donors (Lipinski definition) is 4. The van der Waals surface area contributed by atoms with Crippen LogP contribution >= 0.6 is 12.4 Å². The number of aliphatic hydroxyl groups is 1. The largest absolute Gasteiger partial charge is 0.389 e. The Balaban J connectivity index is 0.00000400. The Hall–Kier alpha value is -0.360. The van der Waals surface area contributed by atoms with E-state index in [4.69, 9.17) is 11.5 Å². The molecule has 6 N–H and O–H groups in total. The van der Waals surface area contributed by atoms with Gasteiger partial charge in [-0.15, -0.1) is 12.4 Å². The minimum absolute atomic E-state index is 0. The maximum atomic E-state index is 11.8. The van der Waals surface area contributed by atoms with Gasteiger partial charge in [-0.25, -0.2) is 0 Å². The van der Waals surface area contributed by atoms with E-state index in [0.29, 0.717) is 12.5 Å². The molecule has 1 aliphatic carbocycles. The first kappa shape index (κ1) is 20.6. The highest BCUT2D eigenvalue weighted by molar-refractivity contribution is 5.85. The first-order valence-electron chi connectivity index (χ1n) is 8.03. The first-order chi connectivity index (χ1) is 9.56. The monoisotopic (exact) mass is 321 g/mol. The van der Waals surface area contributed by atoms with Gasteiger partial charge in [0, 0.05) is 12.6 Å². The summed E-state index contributed by atoms with van der Waals surface area (Å²) in [6, 6.07) is -1.34. The van der Waals surface area contributed by atoms with Gasteiger partial charge >= 0.3 is 0 Å². The number of rotatable bonds is 8. The molecule has 1 rings (SSSR count). The molecule has 1 fully saturated rings. The molecule has 0 spiro atoms. The van der Waals surface area contributed by atoms with Crippen LogP contribution in [0, 0.1) is 5.92 Å². The van der Waals surface area contributed by atoms with E-state index in [9.17, 15) is 9.90 Å². The van der Waals surface area contributed by atoms with Gasteiger partial charge in [0.05, 0.1) is 6.10 Å². The number of nitrogens with two attached hydrogens (primary N) is 2. The van der Waals surface area contributed by atoms with Gasteiger partial charge in [0.2, 0.25) is 5.91 Å². The van der Waals surface area contributed by atoms with Crippen molar-refractivity contribution in [2.45, 2.75) is 76.5 Å². The third-order valence-corrected chi connectivity index (χ3v) is 4.27. The van der Waals surface area contributed by atoms with E-state index in [1.807, 2.05) is 0 Å². The molecule has 21 heavy (non-hydrogen) atoms.